The SMILES string of the molecule is CN=C(NCCc1cccc2cccnc12)NCc1nc(C(C)C)cs1. The number of nitrogens with zero attached hydrogens (tertiary/aromatic N) is 3. The van der Waals surface area contributed by atoms with E-state index in [0.29, 0.717) is 12.5 Å². The minimum absolute atomic E-state index is 0.465. The van der Waals surface area contributed by atoms with Gasteiger partial charge in [-0.3, -0.25) is 9.98 Å². The summed E-state index contributed by atoms with van der Waals surface area (Å²) in [6, 6.07) is 10.4. The molecule has 0 aliphatic rings. The molecule has 136 valence electrons. The van der Waals surface area contributed by atoms with E-state index in [1.54, 1.807) is 18.4 Å². The summed E-state index contributed by atoms with van der Waals surface area (Å²) >= 11 is 1.69. The van der Waals surface area contributed by atoms with E-state index in [9.17, 15) is 0 Å². The van der Waals surface area contributed by atoms with Crippen LogP contribution < -0.4 is 10.6 Å². The first-order valence-electron chi connectivity index (χ1n) is 8.89. The number of hydrogen-bond donors (Lipinski definition) is 2. The largest absolute Gasteiger partial charge is 0.356 e. The van der Waals surface area contributed by atoms with E-state index in [4.69, 9.17) is 0 Å². The molecule has 0 bridgehead atoms. The number of pyridine rings is 1. The summed E-state index contributed by atoms with van der Waals surface area (Å²) < 4.78 is 0. The molecule has 1 aromatic carbocycles. The van der Waals surface area contributed by atoms with Gasteiger partial charge in [0.05, 0.1) is 17.8 Å². The monoisotopic (exact) mass is 367 g/mol. The molecule has 0 atom stereocenters. The van der Waals surface area contributed by atoms with Crippen LogP contribution in [0.25, 0.3) is 10.9 Å². The van der Waals surface area contributed by atoms with Gasteiger partial charge >= 0.3 is 0 Å². The summed E-state index contributed by atoms with van der Waals surface area (Å²) in [4.78, 5) is 13.4. The molecule has 6 heteroatoms. The first kappa shape index (κ1) is 18.3. The lowest BCUT2D eigenvalue weighted by molar-refractivity contribution is 0.779. The first-order chi connectivity index (χ1) is 12.7. The number of guanidine groups is 1. The molecule has 2 heterocycles. The molecule has 26 heavy (non-hydrogen) atoms. The summed E-state index contributed by atoms with van der Waals surface area (Å²) in [5.41, 5.74) is 3.47. The zero-order valence-electron chi connectivity index (χ0n) is 15.5. The van der Waals surface area contributed by atoms with Gasteiger partial charge in [-0.05, 0) is 24.0 Å². The van der Waals surface area contributed by atoms with Crippen LogP contribution >= 0.6 is 11.3 Å². The van der Waals surface area contributed by atoms with Gasteiger partial charge < -0.3 is 10.6 Å². The molecular formula is C20H25N5S. The van der Waals surface area contributed by atoms with Gasteiger partial charge in [-0.25, -0.2) is 4.98 Å². The highest BCUT2D eigenvalue weighted by Gasteiger charge is 2.07. The second-order valence-corrected chi connectivity index (χ2v) is 7.36. The molecule has 0 aliphatic carbocycles. The van der Waals surface area contributed by atoms with Gasteiger partial charge in [0.25, 0.3) is 0 Å². The summed E-state index contributed by atoms with van der Waals surface area (Å²) in [5, 5.41) is 11.1. The number of aromatic nitrogens is 2. The second-order valence-electron chi connectivity index (χ2n) is 6.42. The molecule has 0 spiro atoms. The number of benzene rings is 1. The van der Waals surface area contributed by atoms with Crippen molar-refractivity contribution in [2.75, 3.05) is 13.6 Å². The molecule has 3 rings (SSSR count). The standard InChI is InChI=1S/C20H25N5S/c1-14(2)17-13-26-18(25-17)12-24-20(21-3)23-11-9-16-7-4-6-15-8-5-10-22-19(15)16/h4-8,10,13-14H,9,11-12H2,1-3H3,(H2,21,23,24). The Kier molecular flexibility index (Phi) is 6.17. The predicted molar refractivity (Wildman–Crippen MR) is 110 cm³/mol. The van der Waals surface area contributed by atoms with Crippen LogP contribution in [0.4, 0.5) is 0 Å². The fourth-order valence-corrected chi connectivity index (χ4v) is 3.63. The van der Waals surface area contributed by atoms with Crippen molar-refractivity contribution in [3.05, 3.63) is 58.2 Å². The minimum Gasteiger partial charge on any atom is -0.356 e. The highest BCUT2D eigenvalue weighted by atomic mass is 32.1. The van der Waals surface area contributed by atoms with Crippen molar-refractivity contribution in [2.24, 2.45) is 4.99 Å². The van der Waals surface area contributed by atoms with Crippen LogP contribution in [0.5, 0.6) is 0 Å². The summed E-state index contributed by atoms with van der Waals surface area (Å²) in [7, 11) is 1.79. The Morgan fingerprint density at radius 3 is 2.81 bits per heavy atom. The molecule has 0 unspecified atom stereocenters. The summed E-state index contributed by atoms with van der Waals surface area (Å²) in [5.74, 6) is 1.26. The van der Waals surface area contributed by atoms with Crippen molar-refractivity contribution in [3.63, 3.8) is 0 Å². The van der Waals surface area contributed by atoms with Crippen LogP contribution in [-0.2, 0) is 13.0 Å². The van der Waals surface area contributed by atoms with Crippen molar-refractivity contribution in [1.82, 2.24) is 20.6 Å². The van der Waals surface area contributed by atoms with Gasteiger partial charge in [0.2, 0.25) is 0 Å². The van der Waals surface area contributed by atoms with E-state index in [1.165, 1.54) is 10.9 Å². The number of para-hydroxylation sites is 1. The Morgan fingerprint density at radius 2 is 2.04 bits per heavy atom. The third kappa shape index (κ3) is 4.58. The van der Waals surface area contributed by atoms with Gasteiger partial charge in [-0.15, -0.1) is 11.3 Å². The lowest BCUT2D eigenvalue weighted by atomic mass is 10.1. The highest BCUT2D eigenvalue weighted by molar-refractivity contribution is 7.09. The molecule has 0 fully saturated rings. The van der Waals surface area contributed by atoms with Gasteiger partial charge in [0.15, 0.2) is 5.96 Å². The zero-order valence-corrected chi connectivity index (χ0v) is 16.3. The Bertz CT molecular complexity index is 879. The molecular weight excluding hydrogens is 342 g/mol. The van der Waals surface area contributed by atoms with Crippen molar-refractivity contribution in [3.8, 4) is 0 Å². The average Bonchev–Trinajstić information content (AvgIpc) is 3.14. The minimum atomic E-state index is 0.465. The molecule has 0 saturated heterocycles. The van der Waals surface area contributed by atoms with Crippen LogP contribution in [0.1, 0.15) is 36.0 Å². The van der Waals surface area contributed by atoms with E-state index >= 15 is 0 Å². The number of fused-ring (bicyclic) bond motifs is 1. The maximum Gasteiger partial charge on any atom is 0.191 e. The zero-order chi connectivity index (χ0) is 18.4. The van der Waals surface area contributed by atoms with Crippen LogP contribution in [0.2, 0.25) is 0 Å². The van der Waals surface area contributed by atoms with E-state index in [-0.39, 0.29) is 0 Å². The summed E-state index contributed by atoms with van der Waals surface area (Å²) in [6.45, 7) is 5.81. The Labute approximate surface area is 158 Å². The van der Waals surface area contributed by atoms with Gasteiger partial charge in [-0.1, -0.05) is 38.1 Å². The normalized spacial score (nSPS) is 11.9. The number of nitrogens with one attached hydrogen (secondary N) is 2. The van der Waals surface area contributed by atoms with Crippen molar-refractivity contribution >= 4 is 28.2 Å². The fraction of sp³-hybridized carbons (Fsp3) is 0.350. The Morgan fingerprint density at radius 1 is 1.19 bits per heavy atom. The van der Waals surface area contributed by atoms with Crippen LogP contribution in [-0.4, -0.2) is 29.5 Å². The fourth-order valence-electron chi connectivity index (χ4n) is 2.74. The molecule has 0 aliphatic heterocycles. The number of rotatable bonds is 6. The highest BCUT2D eigenvalue weighted by Crippen LogP contribution is 2.17. The molecule has 3 aromatic rings. The molecule has 0 radical (unpaired) electrons. The average molecular weight is 368 g/mol. The number of hydrogen-bond acceptors (Lipinski definition) is 4. The smallest absolute Gasteiger partial charge is 0.191 e. The van der Waals surface area contributed by atoms with E-state index in [1.807, 2.05) is 12.3 Å². The lowest BCUT2D eigenvalue weighted by Crippen LogP contribution is -2.37. The molecule has 0 saturated carbocycles. The Hall–Kier alpha value is -2.47. The molecule has 2 aromatic heterocycles. The predicted octanol–water partition coefficient (Wildman–Crippen LogP) is 3.72. The maximum atomic E-state index is 4.64. The second kappa shape index (κ2) is 8.76. The van der Waals surface area contributed by atoms with Crippen molar-refractivity contribution < 1.29 is 0 Å². The number of aliphatic imine (C=N–C) groups is 1. The van der Waals surface area contributed by atoms with Crippen LogP contribution in [0.3, 0.4) is 0 Å². The van der Waals surface area contributed by atoms with Gasteiger partial charge in [0, 0.05) is 30.6 Å². The quantitative estimate of drug-likeness (QED) is 0.515. The third-order valence-electron chi connectivity index (χ3n) is 4.19. The van der Waals surface area contributed by atoms with E-state index < -0.39 is 0 Å². The molecule has 5 nitrogen and oxygen atoms in total. The lowest BCUT2D eigenvalue weighted by Gasteiger charge is -2.11. The van der Waals surface area contributed by atoms with E-state index in [2.05, 4.69) is 69.1 Å². The van der Waals surface area contributed by atoms with Crippen molar-refractivity contribution in [2.45, 2.75) is 32.7 Å². The van der Waals surface area contributed by atoms with Crippen LogP contribution in [0, 0.1) is 0 Å². The number of thiazole rings is 1. The Balaban J connectivity index is 1.52. The first-order valence-corrected chi connectivity index (χ1v) is 9.76. The van der Waals surface area contributed by atoms with Gasteiger partial charge in [-0.2, -0.15) is 0 Å². The topological polar surface area (TPSA) is 62.2 Å². The maximum absolute atomic E-state index is 4.64. The third-order valence-corrected chi connectivity index (χ3v) is 5.06. The van der Waals surface area contributed by atoms with Gasteiger partial charge in [0.1, 0.15) is 5.01 Å². The van der Waals surface area contributed by atoms with Crippen molar-refractivity contribution in [1.29, 1.82) is 0 Å². The summed E-state index contributed by atoms with van der Waals surface area (Å²) in [6.07, 6.45) is 2.74. The van der Waals surface area contributed by atoms with Crippen LogP contribution in [0.15, 0.2) is 46.9 Å². The molecule has 0 amide bonds. The van der Waals surface area contributed by atoms with E-state index in [0.717, 1.165) is 35.1 Å². The molecule has 2 N–H and O–H groups in total.